The predicted molar refractivity (Wildman–Crippen MR) is 232 cm³/mol. The molecule has 1 aromatic carbocycles. The molecule has 2 bridgehead atoms. The van der Waals surface area contributed by atoms with E-state index in [1.165, 1.54) is 18.5 Å². The number of carbonyl (C=O) groups excluding carboxylic acids is 2. The van der Waals surface area contributed by atoms with Gasteiger partial charge in [-0.05, 0) is 95.9 Å². The maximum atomic E-state index is 13.7. The maximum Gasteiger partial charge on any atom is 0.408 e. The van der Waals surface area contributed by atoms with Gasteiger partial charge in [0.05, 0.1) is 40.8 Å². The number of likely N-dealkylation sites (N-methyl/N-ethyl adjacent to an activating group) is 1. The average molecular weight is 828 g/mol. The third kappa shape index (κ3) is 10.6. The van der Waals surface area contributed by atoms with Crippen LogP contribution in [0.2, 0.25) is 0 Å². The molecule has 1 aliphatic carbocycles. The fraction of sp³-hybridized carbons (Fsp3) is 0.652. The molecule has 12 nitrogen and oxygen atoms in total. The van der Waals surface area contributed by atoms with Crippen molar-refractivity contribution in [2.45, 2.75) is 134 Å². The van der Waals surface area contributed by atoms with Crippen molar-refractivity contribution in [1.29, 1.82) is 0 Å². The standard InChI is InChI=1S/C46H65N7O5S/c1-6-50-28-36-11-12-37(29-50)53(36)35-13-18-47-42(23-35)57-40-24-39(25-40)56-38-16-19-51(20-17-38)27-32-14-21-52(22-15-32)43(54)26-41(49-45(55)58-46(3,4)5)33-7-9-34(10-8-33)44-31(2)48-30-59-44/h7-10,13,18,23,30,32,36-41H,6,11-12,14-17,19-22,24-29H2,1-5H3,(H,49,55)/t36?,37?,39-,40-,41-/m0/s1. The molecule has 0 radical (unpaired) electrons. The van der Waals surface area contributed by atoms with Crippen molar-refractivity contribution in [1.82, 2.24) is 30.0 Å². The summed E-state index contributed by atoms with van der Waals surface area (Å²) in [6.45, 7) is 17.9. The van der Waals surface area contributed by atoms with Crippen molar-refractivity contribution in [3.63, 3.8) is 0 Å². The van der Waals surface area contributed by atoms with E-state index in [1.807, 2.05) is 68.6 Å². The summed E-state index contributed by atoms with van der Waals surface area (Å²) in [6.07, 6.45) is 10.9. The van der Waals surface area contributed by atoms with Crippen LogP contribution in [0.5, 0.6) is 5.88 Å². The number of alkyl carbamates (subject to hydrolysis) is 1. The van der Waals surface area contributed by atoms with Crippen LogP contribution in [0.3, 0.4) is 0 Å². The van der Waals surface area contributed by atoms with Crippen molar-refractivity contribution in [2.24, 2.45) is 5.92 Å². The van der Waals surface area contributed by atoms with Gasteiger partial charge in [-0.15, -0.1) is 11.3 Å². The number of hydrogen-bond acceptors (Lipinski definition) is 11. The number of fused-ring (bicyclic) bond motifs is 2. The van der Waals surface area contributed by atoms with E-state index in [0.717, 1.165) is 118 Å². The van der Waals surface area contributed by atoms with Gasteiger partial charge in [-0.2, -0.15) is 0 Å². The zero-order valence-electron chi connectivity index (χ0n) is 35.8. The molecule has 3 aromatic rings. The quantitative estimate of drug-likeness (QED) is 0.186. The number of ether oxygens (including phenoxy) is 3. The summed E-state index contributed by atoms with van der Waals surface area (Å²) in [6, 6.07) is 13.1. The minimum atomic E-state index is -0.636. The Balaban J connectivity index is 0.744. The van der Waals surface area contributed by atoms with Gasteiger partial charge in [-0.1, -0.05) is 31.2 Å². The number of aromatic nitrogens is 2. The first-order valence-corrected chi connectivity index (χ1v) is 23.1. The van der Waals surface area contributed by atoms with E-state index >= 15 is 0 Å². The first-order valence-electron chi connectivity index (χ1n) is 22.2. The smallest absolute Gasteiger partial charge is 0.408 e. The highest BCUT2D eigenvalue weighted by atomic mass is 32.1. The Kier molecular flexibility index (Phi) is 13.1. The van der Waals surface area contributed by atoms with Gasteiger partial charge in [-0.25, -0.2) is 14.8 Å². The van der Waals surface area contributed by atoms with Crippen LogP contribution < -0.4 is 15.0 Å². The molecular formula is C46H65N7O5S. The lowest BCUT2D eigenvalue weighted by Crippen LogP contribution is -2.53. The van der Waals surface area contributed by atoms with Crippen molar-refractivity contribution < 1.29 is 23.8 Å². The Hall–Kier alpha value is -3.78. The van der Waals surface area contributed by atoms with Crippen LogP contribution in [0.15, 0.2) is 48.1 Å². The van der Waals surface area contributed by atoms with E-state index in [0.29, 0.717) is 24.1 Å². The van der Waals surface area contributed by atoms with Gasteiger partial charge in [0.2, 0.25) is 11.8 Å². The highest BCUT2D eigenvalue weighted by Crippen LogP contribution is 2.37. The Morgan fingerprint density at radius 3 is 2.24 bits per heavy atom. The fourth-order valence-corrected chi connectivity index (χ4v) is 10.7. The average Bonchev–Trinajstić information content (AvgIpc) is 3.75. The molecule has 5 fully saturated rings. The van der Waals surface area contributed by atoms with Crippen molar-refractivity contribution in [3.8, 4) is 16.3 Å². The number of amides is 2. The maximum absolute atomic E-state index is 13.7. The minimum Gasteiger partial charge on any atom is -0.474 e. The third-order valence-corrected chi connectivity index (χ3v) is 14.1. The number of anilines is 1. The first kappa shape index (κ1) is 41.9. The Morgan fingerprint density at radius 1 is 0.881 bits per heavy atom. The molecule has 6 heterocycles. The lowest BCUT2D eigenvalue weighted by Gasteiger charge is -2.42. The largest absolute Gasteiger partial charge is 0.474 e. The summed E-state index contributed by atoms with van der Waals surface area (Å²) in [5, 5.41) is 2.99. The number of thiazole rings is 1. The normalized spacial score (nSPS) is 25.1. The van der Waals surface area contributed by atoms with Gasteiger partial charge >= 0.3 is 6.09 Å². The molecule has 5 aliphatic rings. The Bertz CT molecular complexity index is 1850. The SMILES string of the molecule is CCN1CC2CCC(C1)N2c1ccnc(O[C@H]2C[C@H](OC3CCN(CC4CCN(C(=O)C[C@H](NC(=O)OC(C)(C)C)c5ccc(-c6scnc6C)cc5)CC4)CC3)C2)c1. The van der Waals surface area contributed by atoms with E-state index in [9.17, 15) is 9.59 Å². The summed E-state index contributed by atoms with van der Waals surface area (Å²) in [5.41, 5.74) is 5.42. The molecule has 2 unspecified atom stereocenters. The monoisotopic (exact) mass is 827 g/mol. The molecule has 4 aliphatic heterocycles. The molecule has 2 amide bonds. The Morgan fingerprint density at radius 2 is 1.59 bits per heavy atom. The van der Waals surface area contributed by atoms with Crippen LogP contribution in [0, 0.1) is 12.8 Å². The van der Waals surface area contributed by atoms with E-state index in [2.05, 4.69) is 49.0 Å². The number of pyridine rings is 1. The van der Waals surface area contributed by atoms with Crippen molar-refractivity contribution in [2.75, 3.05) is 57.3 Å². The minimum absolute atomic E-state index is 0.0611. The molecule has 0 spiro atoms. The molecular weight excluding hydrogens is 763 g/mol. The fourth-order valence-electron chi connectivity index (χ4n) is 9.87. The lowest BCUT2D eigenvalue weighted by atomic mass is 9.91. The van der Waals surface area contributed by atoms with E-state index in [-0.39, 0.29) is 24.5 Å². The third-order valence-electron chi connectivity index (χ3n) is 13.2. The van der Waals surface area contributed by atoms with Crippen LogP contribution >= 0.6 is 11.3 Å². The Labute approximate surface area is 355 Å². The molecule has 8 rings (SSSR count). The van der Waals surface area contributed by atoms with E-state index < -0.39 is 17.7 Å². The molecule has 4 saturated heterocycles. The van der Waals surface area contributed by atoms with Crippen LogP contribution in [0.25, 0.3) is 10.4 Å². The summed E-state index contributed by atoms with van der Waals surface area (Å²) < 4.78 is 18.5. The molecule has 320 valence electrons. The van der Waals surface area contributed by atoms with E-state index in [4.69, 9.17) is 14.2 Å². The molecule has 1 saturated carbocycles. The van der Waals surface area contributed by atoms with Crippen LogP contribution in [0.1, 0.15) is 103 Å². The van der Waals surface area contributed by atoms with Gasteiger partial charge in [-0.3, -0.25) is 9.69 Å². The van der Waals surface area contributed by atoms with Gasteiger partial charge in [0.1, 0.15) is 11.7 Å². The number of nitrogens with zero attached hydrogens (tertiary/aromatic N) is 6. The number of nitrogens with one attached hydrogen (secondary N) is 1. The van der Waals surface area contributed by atoms with Crippen LogP contribution in [0.4, 0.5) is 10.5 Å². The number of carbonyl (C=O) groups is 2. The second kappa shape index (κ2) is 18.5. The highest BCUT2D eigenvalue weighted by molar-refractivity contribution is 7.13. The zero-order valence-corrected chi connectivity index (χ0v) is 36.6. The number of benzene rings is 1. The summed E-state index contributed by atoms with van der Waals surface area (Å²) in [7, 11) is 0. The molecule has 13 heteroatoms. The number of rotatable bonds is 13. The second-order valence-corrected chi connectivity index (χ2v) is 19.4. The summed E-state index contributed by atoms with van der Waals surface area (Å²) in [4.78, 5) is 46.5. The van der Waals surface area contributed by atoms with Gasteiger partial charge in [0.25, 0.3) is 0 Å². The number of piperidine rings is 2. The molecule has 2 aromatic heterocycles. The van der Waals surface area contributed by atoms with Crippen molar-refractivity contribution >= 4 is 29.0 Å². The van der Waals surface area contributed by atoms with Gasteiger partial charge in [0.15, 0.2) is 0 Å². The van der Waals surface area contributed by atoms with Gasteiger partial charge in [0, 0.05) is 88.7 Å². The molecule has 59 heavy (non-hydrogen) atoms. The number of piperazine rings is 1. The predicted octanol–water partition coefficient (Wildman–Crippen LogP) is 7.47. The number of likely N-dealkylation sites (tertiary alicyclic amines) is 3. The molecule has 3 atom stereocenters. The van der Waals surface area contributed by atoms with Crippen molar-refractivity contribution in [3.05, 3.63) is 59.4 Å². The van der Waals surface area contributed by atoms with Crippen LogP contribution in [-0.4, -0.2) is 125 Å². The highest BCUT2D eigenvalue weighted by Gasteiger charge is 2.40. The summed E-state index contributed by atoms with van der Waals surface area (Å²) in [5.74, 6) is 1.38. The second-order valence-electron chi connectivity index (χ2n) is 18.6. The summed E-state index contributed by atoms with van der Waals surface area (Å²) >= 11 is 1.61. The first-order chi connectivity index (χ1) is 28.5. The topological polar surface area (TPSA) is 113 Å². The van der Waals surface area contributed by atoms with Gasteiger partial charge < -0.3 is 34.2 Å². The number of hydrogen-bond donors (Lipinski definition) is 1. The number of aryl methyl sites for hydroxylation is 1. The van der Waals surface area contributed by atoms with Crippen LogP contribution in [-0.2, 0) is 14.3 Å². The molecule has 1 N–H and O–H groups in total. The lowest BCUT2D eigenvalue weighted by molar-refractivity contribution is -0.133. The zero-order chi connectivity index (χ0) is 41.1. The van der Waals surface area contributed by atoms with E-state index in [1.54, 1.807) is 11.3 Å².